The molecular weight excluding hydrogens is 309 g/mol. The molecule has 0 aromatic heterocycles. The van der Waals surface area contributed by atoms with E-state index >= 15 is 0 Å². The Hall–Kier alpha value is -2.36. The summed E-state index contributed by atoms with van der Waals surface area (Å²) in [7, 11) is 0. The summed E-state index contributed by atoms with van der Waals surface area (Å²) >= 11 is 0. The number of ether oxygens (including phenoxy) is 1. The van der Waals surface area contributed by atoms with Gasteiger partial charge in [0.05, 0.1) is 11.5 Å². The number of nitrogens with one attached hydrogen (secondary N) is 1. The smallest absolute Gasteiger partial charge is 0.411 e. The number of phenolic OH excluding ortho intramolecular Hbond substituents is 1. The summed E-state index contributed by atoms with van der Waals surface area (Å²) in [5.41, 5.74) is -0.621. The van der Waals surface area contributed by atoms with Crippen LogP contribution < -0.4 is 5.32 Å². The lowest BCUT2D eigenvalue weighted by Crippen LogP contribution is -2.36. The highest BCUT2D eigenvalue weighted by atomic mass is 19.4. The molecule has 7 nitrogen and oxygen atoms in total. The summed E-state index contributed by atoms with van der Waals surface area (Å²) < 4.78 is 40.1. The highest BCUT2D eigenvalue weighted by molar-refractivity contribution is 5.95. The zero-order chi connectivity index (χ0) is 16.9. The summed E-state index contributed by atoms with van der Waals surface area (Å²) in [5, 5.41) is 22.3. The fourth-order valence-corrected chi connectivity index (χ4v) is 1.52. The quantitative estimate of drug-likeness (QED) is 0.616. The number of rotatable bonds is 6. The maximum atomic E-state index is 11.9. The molecule has 10 heteroatoms. The Bertz CT molecular complexity index is 562. The number of hydrogen-bond donors (Lipinski definition) is 2. The SMILES string of the molecule is C[C@@H](COCC(F)(F)F)NC(=O)c1ccc([N+](=O)[O-])c(O)c1. The number of nitro benzene ring substituents is 1. The Morgan fingerprint density at radius 1 is 1.50 bits per heavy atom. The van der Waals surface area contributed by atoms with E-state index in [-0.39, 0.29) is 12.2 Å². The number of carbonyl (C=O) groups is 1. The number of phenols is 1. The zero-order valence-electron chi connectivity index (χ0n) is 11.4. The minimum Gasteiger partial charge on any atom is -0.502 e. The first-order valence-electron chi connectivity index (χ1n) is 6.03. The number of alkyl halides is 3. The van der Waals surface area contributed by atoms with Crippen LogP contribution in [0.2, 0.25) is 0 Å². The van der Waals surface area contributed by atoms with Crippen LogP contribution >= 0.6 is 0 Å². The van der Waals surface area contributed by atoms with Gasteiger partial charge in [0.2, 0.25) is 0 Å². The molecule has 0 saturated carbocycles. The van der Waals surface area contributed by atoms with Gasteiger partial charge in [-0.25, -0.2) is 0 Å². The van der Waals surface area contributed by atoms with E-state index in [4.69, 9.17) is 0 Å². The summed E-state index contributed by atoms with van der Waals surface area (Å²) in [4.78, 5) is 21.5. The lowest BCUT2D eigenvalue weighted by Gasteiger charge is -2.15. The van der Waals surface area contributed by atoms with E-state index in [9.17, 15) is 33.2 Å². The van der Waals surface area contributed by atoms with Crippen molar-refractivity contribution in [1.82, 2.24) is 5.32 Å². The lowest BCUT2D eigenvalue weighted by molar-refractivity contribution is -0.385. The second-order valence-electron chi connectivity index (χ2n) is 4.47. The highest BCUT2D eigenvalue weighted by Crippen LogP contribution is 2.26. The summed E-state index contributed by atoms with van der Waals surface area (Å²) in [5.74, 6) is -1.38. The predicted molar refractivity (Wildman–Crippen MR) is 68.6 cm³/mol. The Morgan fingerprint density at radius 2 is 2.14 bits per heavy atom. The van der Waals surface area contributed by atoms with Crippen molar-refractivity contribution in [3.63, 3.8) is 0 Å². The van der Waals surface area contributed by atoms with Gasteiger partial charge in [0.1, 0.15) is 6.61 Å². The van der Waals surface area contributed by atoms with Crippen molar-refractivity contribution >= 4 is 11.6 Å². The first-order chi connectivity index (χ1) is 10.1. The van der Waals surface area contributed by atoms with Crippen LogP contribution in [-0.2, 0) is 4.74 Å². The Labute approximate surface area is 122 Å². The third kappa shape index (κ3) is 5.56. The van der Waals surface area contributed by atoms with Crippen molar-refractivity contribution in [2.24, 2.45) is 0 Å². The van der Waals surface area contributed by atoms with Crippen LogP contribution in [0.4, 0.5) is 18.9 Å². The van der Waals surface area contributed by atoms with Crippen LogP contribution in [0, 0.1) is 10.1 Å². The van der Waals surface area contributed by atoms with Gasteiger partial charge in [0, 0.05) is 17.7 Å². The molecule has 2 N–H and O–H groups in total. The molecule has 0 radical (unpaired) electrons. The first-order valence-corrected chi connectivity index (χ1v) is 6.03. The van der Waals surface area contributed by atoms with Crippen LogP contribution in [0.15, 0.2) is 18.2 Å². The molecule has 0 bridgehead atoms. The summed E-state index contributed by atoms with van der Waals surface area (Å²) in [6, 6.07) is 2.26. The van der Waals surface area contributed by atoms with E-state index in [2.05, 4.69) is 10.1 Å². The zero-order valence-corrected chi connectivity index (χ0v) is 11.4. The molecule has 1 atom stereocenters. The molecule has 0 saturated heterocycles. The van der Waals surface area contributed by atoms with Crippen molar-refractivity contribution in [2.45, 2.75) is 19.1 Å². The molecule has 1 amide bonds. The van der Waals surface area contributed by atoms with Gasteiger partial charge in [-0.05, 0) is 19.1 Å². The molecule has 0 aliphatic heterocycles. The van der Waals surface area contributed by atoms with Crippen molar-refractivity contribution in [3.05, 3.63) is 33.9 Å². The topological polar surface area (TPSA) is 102 Å². The number of amides is 1. The molecule has 22 heavy (non-hydrogen) atoms. The number of nitrogens with zero attached hydrogens (tertiary/aromatic N) is 1. The lowest BCUT2D eigenvalue weighted by atomic mass is 10.1. The number of aromatic hydroxyl groups is 1. The molecule has 1 rings (SSSR count). The van der Waals surface area contributed by atoms with Crippen LogP contribution in [0.1, 0.15) is 17.3 Å². The second-order valence-corrected chi connectivity index (χ2v) is 4.47. The standard InChI is InChI=1S/C12H13F3N2O5/c1-7(5-22-6-12(13,14)15)16-11(19)8-2-3-9(17(20)21)10(18)4-8/h2-4,7,18H,5-6H2,1H3,(H,16,19)/t7-/m0/s1. The fraction of sp³-hybridized carbons (Fsp3) is 0.417. The molecule has 0 spiro atoms. The normalized spacial score (nSPS) is 12.7. The average Bonchev–Trinajstić information content (AvgIpc) is 2.36. The van der Waals surface area contributed by atoms with Crippen molar-refractivity contribution in [1.29, 1.82) is 0 Å². The highest BCUT2D eigenvalue weighted by Gasteiger charge is 2.27. The van der Waals surface area contributed by atoms with E-state index in [1.54, 1.807) is 0 Å². The van der Waals surface area contributed by atoms with Gasteiger partial charge >= 0.3 is 11.9 Å². The van der Waals surface area contributed by atoms with Crippen molar-refractivity contribution in [2.75, 3.05) is 13.2 Å². The fourth-order valence-electron chi connectivity index (χ4n) is 1.52. The Morgan fingerprint density at radius 3 is 2.64 bits per heavy atom. The molecule has 0 aliphatic carbocycles. The van der Waals surface area contributed by atoms with E-state index < -0.39 is 41.1 Å². The van der Waals surface area contributed by atoms with Gasteiger partial charge in [-0.15, -0.1) is 0 Å². The van der Waals surface area contributed by atoms with Gasteiger partial charge in [-0.3, -0.25) is 14.9 Å². The third-order valence-electron chi connectivity index (χ3n) is 2.45. The van der Waals surface area contributed by atoms with E-state index in [1.165, 1.54) is 6.92 Å². The van der Waals surface area contributed by atoms with E-state index in [0.29, 0.717) is 0 Å². The molecule has 0 aliphatic rings. The number of nitro groups is 1. The van der Waals surface area contributed by atoms with E-state index in [1.807, 2.05) is 0 Å². The van der Waals surface area contributed by atoms with Crippen LogP contribution in [0.25, 0.3) is 0 Å². The Balaban J connectivity index is 2.58. The summed E-state index contributed by atoms with van der Waals surface area (Å²) in [6.45, 7) is -0.352. The number of benzene rings is 1. The molecular formula is C12H13F3N2O5. The van der Waals surface area contributed by atoms with Gasteiger partial charge in [0.25, 0.3) is 5.91 Å². The maximum Gasteiger partial charge on any atom is 0.411 e. The predicted octanol–water partition coefficient (Wildman–Crippen LogP) is 2.00. The number of hydrogen-bond acceptors (Lipinski definition) is 5. The van der Waals surface area contributed by atoms with Gasteiger partial charge in [-0.2, -0.15) is 13.2 Å². The van der Waals surface area contributed by atoms with Crippen LogP contribution in [0.3, 0.4) is 0 Å². The van der Waals surface area contributed by atoms with Gasteiger partial charge in [0.15, 0.2) is 5.75 Å². The van der Waals surface area contributed by atoms with Gasteiger partial charge < -0.3 is 15.2 Å². The van der Waals surface area contributed by atoms with Gasteiger partial charge in [-0.1, -0.05) is 0 Å². The molecule has 1 aromatic carbocycles. The van der Waals surface area contributed by atoms with Crippen LogP contribution in [-0.4, -0.2) is 41.4 Å². The van der Waals surface area contributed by atoms with Crippen molar-refractivity contribution < 1.29 is 32.7 Å². The van der Waals surface area contributed by atoms with Crippen LogP contribution in [0.5, 0.6) is 5.75 Å². The average molecular weight is 322 g/mol. The molecule has 0 heterocycles. The van der Waals surface area contributed by atoms with Crippen molar-refractivity contribution in [3.8, 4) is 5.75 Å². The third-order valence-corrected chi connectivity index (χ3v) is 2.45. The molecule has 122 valence electrons. The number of halogens is 3. The largest absolute Gasteiger partial charge is 0.502 e. The molecule has 0 fully saturated rings. The minimum absolute atomic E-state index is 0.0641. The molecule has 0 unspecified atom stereocenters. The Kier molecular flexibility index (Phi) is 5.69. The minimum atomic E-state index is -4.45. The summed E-state index contributed by atoms with van der Waals surface area (Å²) in [6.07, 6.45) is -4.45. The maximum absolute atomic E-state index is 11.9. The number of carbonyl (C=O) groups excluding carboxylic acids is 1. The molecule has 1 aromatic rings. The van der Waals surface area contributed by atoms with E-state index in [0.717, 1.165) is 18.2 Å². The monoisotopic (exact) mass is 322 g/mol. The second kappa shape index (κ2) is 7.07. The first kappa shape index (κ1) is 17.7.